The largest absolute Gasteiger partial charge is 0.496 e. The van der Waals surface area contributed by atoms with Gasteiger partial charge in [0.2, 0.25) is 0 Å². The van der Waals surface area contributed by atoms with Crippen LogP contribution in [0.25, 0.3) is 33.3 Å². The summed E-state index contributed by atoms with van der Waals surface area (Å²) in [5, 5.41) is 4.05. The molecule has 0 unspecified atom stereocenters. The van der Waals surface area contributed by atoms with Gasteiger partial charge in [0.25, 0.3) is 0 Å². The van der Waals surface area contributed by atoms with Gasteiger partial charge in [-0.05, 0) is 43.5 Å². The van der Waals surface area contributed by atoms with Gasteiger partial charge in [0.1, 0.15) is 11.5 Å². The number of H-pyrrole nitrogens is 1. The van der Waals surface area contributed by atoms with E-state index in [-0.39, 0.29) is 7.12 Å². The third-order valence-electron chi connectivity index (χ3n) is 4.71. The van der Waals surface area contributed by atoms with Crippen molar-refractivity contribution in [3.8, 4) is 28.0 Å². The molecule has 4 aromatic rings. The Bertz CT molecular complexity index is 1210. The molecular weight excluding hydrogens is 378 g/mol. The van der Waals surface area contributed by atoms with Crippen LogP contribution in [0.2, 0.25) is 0 Å². The fraction of sp³-hybridized carbons (Fsp3) is 0.333. The molecule has 6 heteroatoms. The molecule has 160 valence electrons. The summed E-state index contributed by atoms with van der Waals surface area (Å²) < 4.78 is 12.5. The van der Waals surface area contributed by atoms with E-state index < -0.39 is 0 Å². The van der Waals surface area contributed by atoms with E-state index in [0.29, 0.717) is 0 Å². The molecule has 30 heavy (non-hydrogen) atoms. The number of aryl methyl sites for hydroxylation is 3. The SMILES string of the molecule is CC(C)C.COc1ccccc1-c1cc(-c2c(C)noc2C)cc2[nH]c(=O)n(C)c12.[HH]. The van der Waals surface area contributed by atoms with Gasteiger partial charge >= 0.3 is 5.69 Å². The number of aromatic nitrogens is 3. The zero-order valence-corrected chi connectivity index (χ0v) is 18.7. The average Bonchev–Trinajstić information content (AvgIpc) is 3.18. The predicted octanol–water partition coefficient (Wildman–Crippen LogP) is 5.72. The van der Waals surface area contributed by atoms with Crippen molar-refractivity contribution in [1.29, 1.82) is 0 Å². The molecule has 0 saturated carbocycles. The molecule has 2 aromatic heterocycles. The molecule has 0 atom stereocenters. The first kappa shape index (κ1) is 21.4. The van der Waals surface area contributed by atoms with Gasteiger partial charge in [-0.2, -0.15) is 0 Å². The normalized spacial score (nSPS) is 10.9. The highest BCUT2D eigenvalue weighted by atomic mass is 16.5. The lowest BCUT2D eigenvalue weighted by molar-refractivity contribution is 0.393. The molecule has 0 aliphatic rings. The molecule has 0 amide bonds. The van der Waals surface area contributed by atoms with Crippen molar-refractivity contribution in [2.75, 3.05) is 7.11 Å². The Morgan fingerprint density at radius 2 is 1.80 bits per heavy atom. The summed E-state index contributed by atoms with van der Waals surface area (Å²) in [6.07, 6.45) is 0. The Balaban J connectivity index is 0.000000631. The number of para-hydroxylation sites is 1. The fourth-order valence-electron chi connectivity index (χ4n) is 3.50. The number of hydrogen-bond donors (Lipinski definition) is 1. The Morgan fingerprint density at radius 1 is 1.13 bits per heavy atom. The van der Waals surface area contributed by atoms with Gasteiger partial charge in [-0.15, -0.1) is 0 Å². The molecule has 0 bridgehead atoms. The minimum absolute atomic E-state index is 0. The number of imidazole rings is 1. The third kappa shape index (κ3) is 4.03. The molecule has 4 rings (SSSR count). The first-order valence-electron chi connectivity index (χ1n) is 10.0. The maximum Gasteiger partial charge on any atom is 0.326 e. The third-order valence-corrected chi connectivity index (χ3v) is 4.71. The maximum absolute atomic E-state index is 12.3. The van der Waals surface area contributed by atoms with E-state index in [0.717, 1.165) is 56.4 Å². The highest BCUT2D eigenvalue weighted by Crippen LogP contribution is 2.38. The van der Waals surface area contributed by atoms with Crippen LogP contribution in [0.1, 0.15) is 33.7 Å². The molecule has 6 nitrogen and oxygen atoms in total. The highest BCUT2D eigenvalue weighted by molar-refractivity contribution is 5.98. The Labute approximate surface area is 178 Å². The van der Waals surface area contributed by atoms with Crippen LogP contribution in [0.5, 0.6) is 5.75 Å². The van der Waals surface area contributed by atoms with Gasteiger partial charge in [0.05, 0.1) is 23.8 Å². The lowest BCUT2D eigenvalue weighted by atomic mass is 9.96. The Kier molecular flexibility index (Phi) is 6.15. The number of ether oxygens (including phenoxy) is 1. The van der Waals surface area contributed by atoms with Gasteiger partial charge in [-0.1, -0.05) is 44.1 Å². The number of hydrogen-bond acceptors (Lipinski definition) is 4. The molecule has 1 N–H and O–H groups in total. The van der Waals surface area contributed by atoms with E-state index in [1.54, 1.807) is 18.7 Å². The lowest BCUT2D eigenvalue weighted by Gasteiger charge is -2.12. The molecule has 2 heterocycles. The molecule has 2 aromatic carbocycles. The maximum atomic E-state index is 12.3. The van der Waals surface area contributed by atoms with Crippen molar-refractivity contribution in [2.24, 2.45) is 13.0 Å². The zero-order valence-electron chi connectivity index (χ0n) is 18.7. The molecular formula is C24H31N3O3. The molecule has 0 fully saturated rings. The van der Waals surface area contributed by atoms with Gasteiger partial charge in [-0.3, -0.25) is 4.57 Å². The summed E-state index contributed by atoms with van der Waals surface area (Å²) in [4.78, 5) is 15.2. The molecule has 0 spiro atoms. The van der Waals surface area contributed by atoms with Crippen molar-refractivity contribution >= 4 is 11.0 Å². The quantitative estimate of drug-likeness (QED) is 0.469. The first-order chi connectivity index (χ1) is 14.2. The second kappa shape index (κ2) is 8.61. The summed E-state index contributed by atoms with van der Waals surface area (Å²) in [5.41, 5.74) is 5.95. The lowest BCUT2D eigenvalue weighted by Crippen LogP contribution is -2.12. The van der Waals surface area contributed by atoms with Crippen LogP contribution >= 0.6 is 0 Å². The van der Waals surface area contributed by atoms with E-state index in [9.17, 15) is 4.79 Å². The van der Waals surface area contributed by atoms with Gasteiger partial charge in [-0.25, -0.2) is 4.79 Å². The van der Waals surface area contributed by atoms with Crippen LogP contribution in [0.3, 0.4) is 0 Å². The molecule has 0 aliphatic heterocycles. The second-order valence-electron chi connectivity index (χ2n) is 8.04. The van der Waals surface area contributed by atoms with Crippen LogP contribution in [0.15, 0.2) is 45.7 Å². The zero-order chi connectivity index (χ0) is 22.0. The summed E-state index contributed by atoms with van der Waals surface area (Å²) in [7, 11) is 3.40. The van der Waals surface area contributed by atoms with E-state index in [2.05, 4.69) is 37.0 Å². The van der Waals surface area contributed by atoms with E-state index in [1.807, 2.05) is 44.2 Å². The average molecular weight is 410 g/mol. The summed E-state index contributed by atoms with van der Waals surface area (Å²) in [6.45, 7) is 10.3. The Hall–Kier alpha value is -3.28. The molecule has 0 aliphatic carbocycles. The number of rotatable bonds is 3. The smallest absolute Gasteiger partial charge is 0.326 e. The number of methoxy groups -OCH3 is 1. The topological polar surface area (TPSA) is 73.1 Å². The number of fused-ring (bicyclic) bond motifs is 1. The van der Waals surface area contributed by atoms with Crippen molar-refractivity contribution in [2.45, 2.75) is 34.6 Å². The van der Waals surface area contributed by atoms with Crippen molar-refractivity contribution in [3.63, 3.8) is 0 Å². The first-order valence-corrected chi connectivity index (χ1v) is 10.0. The fourth-order valence-corrected chi connectivity index (χ4v) is 3.50. The van der Waals surface area contributed by atoms with Gasteiger partial charge < -0.3 is 14.2 Å². The van der Waals surface area contributed by atoms with Crippen LogP contribution in [-0.2, 0) is 7.05 Å². The van der Waals surface area contributed by atoms with Crippen LogP contribution < -0.4 is 10.4 Å². The highest BCUT2D eigenvalue weighted by Gasteiger charge is 2.19. The van der Waals surface area contributed by atoms with E-state index >= 15 is 0 Å². The monoisotopic (exact) mass is 409 g/mol. The number of benzene rings is 2. The van der Waals surface area contributed by atoms with Crippen molar-refractivity contribution in [3.05, 3.63) is 58.3 Å². The standard InChI is InChI=1S/C20H19N3O3.C4H10.H2/c1-11-18(12(2)26-22-11)13-9-15(14-7-5-6-8-17(14)25-4)19-16(10-13)21-20(24)23(19)3;1-4(2)3;/h5-10H,1-4H3,(H,21,24);4H,1-3H3;1H. The van der Waals surface area contributed by atoms with E-state index in [4.69, 9.17) is 9.26 Å². The van der Waals surface area contributed by atoms with E-state index in [1.165, 1.54) is 0 Å². The van der Waals surface area contributed by atoms with Crippen molar-refractivity contribution in [1.82, 2.24) is 14.7 Å². The molecule has 0 radical (unpaired) electrons. The number of aromatic amines is 1. The summed E-state index contributed by atoms with van der Waals surface area (Å²) in [5.74, 6) is 2.32. The predicted molar refractivity (Wildman–Crippen MR) is 123 cm³/mol. The summed E-state index contributed by atoms with van der Waals surface area (Å²) >= 11 is 0. The van der Waals surface area contributed by atoms with Crippen LogP contribution in [0.4, 0.5) is 0 Å². The minimum atomic E-state index is -0.160. The van der Waals surface area contributed by atoms with Crippen LogP contribution in [-0.4, -0.2) is 21.8 Å². The minimum Gasteiger partial charge on any atom is -0.496 e. The van der Waals surface area contributed by atoms with Gasteiger partial charge in [0.15, 0.2) is 0 Å². The van der Waals surface area contributed by atoms with Crippen LogP contribution in [0, 0.1) is 19.8 Å². The number of nitrogens with one attached hydrogen (secondary N) is 1. The molecule has 0 saturated heterocycles. The Morgan fingerprint density at radius 3 is 2.40 bits per heavy atom. The van der Waals surface area contributed by atoms with Crippen molar-refractivity contribution < 1.29 is 10.7 Å². The summed E-state index contributed by atoms with van der Waals surface area (Å²) in [6, 6.07) is 11.8. The van der Waals surface area contributed by atoms with Gasteiger partial charge in [0, 0.05) is 25.2 Å². The number of nitrogens with zero attached hydrogens (tertiary/aromatic N) is 2. The second-order valence-corrected chi connectivity index (χ2v) is 8.04.